The Labute approximate surface area is 312 Å². The lowest BCUT2D eigenvalue weighted by molar-refractivity contribution is 0.370. The van der Waals surface area contributed by atoms with Gasteiger partial charge in [-0.05, 0) is 109 Å². The van der Waals surface area contributed by atoms with Crippen molar-refractivity contribution in [1.82, 2.24) is 0 Å². The van der Waals surface area contributed by atoms with Crippen molar-refractivity contribution in [2.24, 2.45) is 5.92 Å². The summed E-state index contributed by atoms with van der Waals surface area (Å²) >= 11 is 0. The molecule has 4 aliphatic rings. The smallest absolute Gasteiger partial charge is 0.302 e. The Hall–Kier alpha value is -5.68. The van der Waals surface area contributed by atoms with Crippen LogP contribution in [0, 0.1) is 12.8 Å². The Balaban J connectivity index is 1.37. The molecule has 4 aromatic carbocycles. The Morgan fingerprint density at radius 1 is 0.925 bits per heavy atom. The van der Waals surface area contributed by atoms with E-state index < -0.39 is 0 Å². The van der Waals surface area contributed by atoms with Crippen LogP contribution in [-0.2, 0) is 5.41 Å². The average molecular weight is 691 g/mol. The van der Waals surface area contributed by atoms with Crippen molar-refractivity contribution in [3.63, 3.8) is 0 Å². The van der Waals surface area contributed by atoms with E-state index in [1.807, 2.05) is 26.0 Å². The minimum Gasteiger partial charge on any atom is -0.468 e. The second-order valence-corrected chi connectivity index (χ2v) is 15.7. The van der Waals surface area contributed by atoms with Crippen molar-refractivity contribution in [2.75, 3.05) is 9.80 Å². The van der Waals surface area contributed by atoms with Crippen LogP contribution in [0.15, 0.2) is 118 Å². The first-order valence-electron chi connectivity index (χ1n) is 19.0. The highest BCUT2D eigenvalue weighted by atomic mass is 16.4. The maximum absolute atomic E-state index is 7.59. The molecule has 53 heavy (non-hydrogen) atoms. The number of rotatable bonds is 6. The van der Waals surface area contributed by atoms with Gasteiger partial charge in [-0.15, -0.1) is 0 Å². The molecule has 0 saturated heterocycles. The number of benzene rings is 4. The number of anilines is 5. The van der Waals surface area contributed by atoms with E-state index in [0.29, 0.717) is 11.8 Å². The first-order chi connectivity index (χ1) is 25.7. The second-order valence-electron chi connectivity index (χ2n) is 15.7. The summed E-state index contributed by atoms with van der Waals surface area (Å²) in [5.74, 6) is 2.34. The third-order valence-corrected chi connectivity index (χ3v) is 12.4. The van der Waals surface area contributed by atoms with Crippen LogP contribution in [0.5, 0.6) is 0 Å². The molecule has 0 saturated carbocycles. The molecule has 0 amide bonds. The summed E-state index contributed by atoms with van der Waals surface area (Å²) in [7, 11) is 0. The summed E-state index contributed by atoms with van der Waals surface area (Å²) in [5, 5.41) is 1.18. The van der Waals surface area contributed by atoms with E-state index >= 15 is 0 Å². The van der Waals surface area contributed by atoms with Crippen molar-refractivity contribution >= 4 is 75.1 Å². The lowest BCUT2D eigenvalue weighted by Crippen LogP contribution is -2.61. The molecule has 260 valence electrons. The lowest BCUT2D eigenvalue weighted by atomic mass is 9.35. The number of furan rings is 2. The molecule has 10 rings (SSSR count). The van der Waals surface area contributed by atoms with Crippen LogP contribution in [-0.4, -0.2) is 6.71 Å². The zero-order valence-corrected chi connectivity index (χ0v) is 31.5. The Bertz CT molecular complexity index is 2650. The molecule has 4 heterocycles. The van der Waals surface area contributed by atoms with Gasteiger partial charge in [0.15, 0.2) is 0 Å². The molecule has 0 fully saturated rings. The van der Waals surface area contributed by atoms with Gasteiger partial charge >= 0.3 is 6.71 Å². The maximum Gasteiger partial charge on any atom is 0.302 e. The van der Waals surface area contributed by atoms with Crippen molar-refractivity contribution in [3.05, 3.63) is 143 Å². The Kier molecular flexibility index (Phi) is 6.74. The summed E-state index contributed by atoms with van der Waals surface area (Å²) in [6, 6.07) is 27.0. The lowest BCUT2D eigenvalue weighted by Gasteiger charge is -2.41. The van der Waals surface area contributed by atoms with Gasteiger partial charge in [0.25, 0.3) is 0 Å². The van der Waals surface area contributed by atoms with Crippen molar-refractivity contribution in [1.29, 1.82) is 0 Å². The fourth-order valence-corrected chi connectivity index (χ4v) is 10.6. The standard InChI is InChI=1S/C48H43BN2O2/c1-9-12-19-29(7)50-36-24-28(6)25-37-43(36)49(42-31(11-3)38(18-10-2)52-47(42)50)46-44(51(37)30-20-14-13-15-21-30)33-26-35-39-32-22-16-17-23-34(32)48(35,8)41(27(4)5)40(39)45(33)53-46/h9-27,41H,3H2,1-2,4-8H3/b12-9-,18-10-,29-19+/t41-,48?/m1/s1. The van der Waals surface area contributed by atoms with Gasteiger partial charge in [0.05, 0.1) is 11.3 Å². The summed E-state index contributed by atoms with van der Waals surface area (Å²) in [6.45, 7) is 19.8. The molecule has 2 aliphatic heterocycles. The van der Waals surface area contributed by atoms with E-state index in [-0.39, 0.29) is 12.1 Å². The third-order valence-electron chi connectivity index (χ3n) is 12.4. The molecule has 4 bridgehead atoms. The summed E-state index contributed by atoms with van der Waals surface area (Å²) < 4.78 is 14.5. The van der Waals surface area contributed by atoms with Gasteiger partial charge in [-0.25, -0.2) is 0 Å². The summed E-state index contributed by atoms with van der Waals surface area (Å²) in [6.07, 6.45) is 12.4. The highest BCUT2D eigenvalue weighted by Crippen LogP contribution is 2.67. The normalized spacial score (nSPS) is 19.2. The molecule has 2 aromatic heterocycles. The first-order valence-corrected chi connectivity index (χ1v) is 19.0. The van der Waals surface area contributed by atoms with Gasteiger partial charge in [0, 0.05) is 56.1 Å². The number of nitrogens with zero attached hydrogens (tertiary/aromatic N) is 2. The topological polar surface area (TPSA) is 32.8 Å². The molecule has 0 radical (unpaired) electrons. The Morgan fingerprint density at radius 2 is 1.68 bits per heavy atom. The zero-order valence-electron chi connectivity index (χ0n) is 31.5. The SMILES string of the molecule is C=Cc1c(/C=C\C)oc2c1B1c3oc4c5c6c(cc4c3N(c3ccccc3)c3cc(C)cc(c31)N2/C(C)=C/C=C\C)C(C)(c1ccccc1-6)[C@@H]5C(C)C. The number of allylic oxidation sites excluding steroid dienone is 5. The molecule has 2 aliphatic carbocycles. The minimum absolute atomic E-state index is 0.116. The quantitative estimate of drug-likeness (QED) is 0.128. The first kappa shape index (κ1) is 32.0. The summed E-state index contributed by atoms with van der Waals surface area (Å²) in [5.41, 5.74) is 18.9. The Morgan fingerprint density at radius 3 is 2.42 bits per heavy atom. The number of hydrogen-bond acceptors (Lipinski definition) is 4. The number of hydrogen-bond donors (Lipinski definition) is 0. The molecule has 6 aromatic rings. The number of para-hydroxylation sites is 1. The highest BCUT2D eigenvalue weighted by Gasteiger charge is 2.57. The van der Waals surface area contributed by atoms with E-state index in [9.17, 15) is 0 Å². The van der Waals surface area contributed by atoms with Crippen molar-refractivity contribution < 1.29 is 8.83 Å². The van der Waals surface area contributed by atoms with Crippen LogP contribution in [0.4, 0.5) is 28.6 Å². The maximum atomic E-state index is 7.59. The van der Waals surface area contributed by atoms with Gasteiger partial charge in [-0.3, -0.25) is 4.90 Å². The second kappa shape index (κ2) is 11.2. The van der Waals surface area contributed by atoms with Gasteiger partial charge in [-0.2, -0.15) is 0 Å². The van der Waals surface area contributed by atoms with E-state index in [0.717, 1.165) is 62.4 Å². The minimum atomic E-state index is -0.210. The average Bonchev–Trinajstić information content (AvgIpc) is 3.84. The summed E-state index contributed by atoms with van der Waals surface area (Å²) in [4.78, 5) is 4.78. The van der Waals surface area contributed by atoms with E-state index in [2.05, 4.69) is 148 Å². The largest absolute Gasteiger partial charge is 0.468 e. The van der Waals surface area contributed by atoms with Crippen LogP contribution in [0.2, 0.25) is 0 Å². The van der Waals surface area contributed by atoms with Gasteiger partial charge in [0.2, 0.25) is 5.88 Å². The van der Waals surface area contributed by atoms with Crippen LogP contribution in [0.3, 0.4) is 0 Å². The van der Waals surface area contributed by atoms with Crippen LogP contribution in [0.25, 0.3) is 34.2 Å². The molecule has 2 atom stereocenters. The van der Waals surface area contributed by atoms with Gasteiger partial charge in [0.1, 0.15) is 11.3 Å². The fraction of sp³-hybridized carbons (Fsp3) is 0.208. The molecule has 1 unspecified atom stereocenters. The molecule has 5 heteroatoms. The number of fused-ring (bicyclic) bond motifs is 9. The van der Waals surface area contributed by atoms with Gasteiger partial charge in [-0.1, -0.05) is 94.1 Å². The van der Waals surface area contributed by atoms with Crippen LogP contribution < -0.4 is 26.4 Å². The van der Waals surface area contributed by atoms with E-state index in [4.69, 9.17) is 8.83 Å². The molecular weight excluding hydrogens is 647 g/mol. The van der Waals surface area contributed by atoms with E-state index in [1.54, 1.807) is 0 Å². The van der Waals surface area contributed by atoms with E-state index in [1.165, 1.54) is 44.2 Å². The number of aryl methyl sites for hydroxylation is 1. The third kappa shape index (κ3) is 3.92. The van der Waals surface area contributed by atoms with Gasteiger partial charge < -0.3 is 13.7 Å². The zero-order chi connectivity index (χ0) is 36.5. The fourth-order valence-electron chi connectivity index (χ4n) is 10.6. The van der Waals surface area contributed by atoms with Crippen molar-refractivity contribution in [2.45, 2.75) is 59.8 Å². The molecular formula is C48H43BN2O2. The molecule has 0 N–H and O–H groups in total. The predicted molar refractivity (Wildman–Crippen MR) is 224 cm³/mol. The molecule has 0 spiro atoms. The predicted octanol–water partition coefficient (Wildman–Crippen LogP) is 11.3. The van der Waals surface area contributed by atoms with Crippen LogP contribution in [0.1, 0.15) is 81.0 Å². The monoisotopic (exact) mass is 690 g/mol. The van der Waals surface area contributed by atoms with Crippen molar-refractivity contribution in [3.8, 4) is 11.1 Å². The highest BCUT2D eigenvalue weighted by molar-refractivity contribution is 7.00. The van der Waals surface area contributed by atoms with Crippen LogP contribution >= 0.6 is 0 Å². The molecule has 4 nitrogen and oxygen atoms in total.